The monoisotopic (exact) mass is 361 g/mol. The molecule has 0 radical (unpaired) electrons. The summed E-state index contributed by atoms with van der Waals surface area (Å²) < 4.78 is 13.7. The van der Waals surface area contributed by atoms with Crippen molar-refractivity contribution in [3.8, 4) is 0 Å². The Hall–Kier alpha value is -3.21. The number of pyridine rings is 1. The molecule has 2 aromatic carbocycles. The second kappa shape index (κ2) is 7.19. The zero-order valence-electron chi connectivity index (χ0n) is 15.0. The summed E-state index contributed by atoms with van der Waals surface area (Å²) in [5, 5.41) is 2.77. The third-order valence-electron chi connectivity index (χ3n) is 4.87. The first-order valence-electron chi connectivity index (χ1n) is 8.97. The number of halogens is 1. The Morgan fingerprint density at radius 1 is 1.19 bits per heavy atom. The summed E-state index contributed by atoms with van der Waals surface area (Å²) in [6.07, 6.45) is 4.26. The minimum atomic E-state index is -0.327. The van der Waals surface area contributed by atoms with Crippen LogP contribution in [0.25, 0.3) is 0 Å². The molecule has 4 nitrogen and oxygen atoms in total. The molecule has 1 aliphatic rings. The number of fused-ring (bicyclic) bond motifs is 1. The van der Waals surface area contributed by atoms with Gasteiger partial charge in [0.15, 0.2) is 0 Å². The summed E-state index contributed by atoms with van der Waals surface area (Å²) in [5.41, 5.74) is 4.23. The fraction of sp³-hybridized carbons (Fsp3) is 0.182. The molecule has 1 amide bonds. The first-order chi connectivity index (χ1) is 13.1. The Morgan fingerprint density at radius 2 is 1.96 bits per heavy atom. The maximum atomic E-state index is 13.7. The maximum absolute atomic E-state index is 13.7. The van der Waals surface area contributed by atoms with Crippen LogP contribution in [-0.4, -0.2) is 16.9 Å². The number of aromatic nitrogens is 1. The van der Waals surface area contributed by atoms with Crippen molar-refractivity contribution >= 4 is 17.3 Å². The number of hydrogen-bond acceptors (Lipinski definition) is 3. The lowest BCUT2D eigenvalue weighted by Gasteiger charge is -2.25. The molecule has 1 N–H and O–H groups in total. The number of benzene rings is 2. The predicted molar refractivity (Wildman–Crippen MR) is 104 cm³/mol. The van der Waals surface area contributed by atoms with E-state index in [1.165, 1.54) is 17.8 Å². The highest BCUT2D eigenvalue weighted by atomic mass is 19.1. The van der Waals surface area contributed by atoms with Gasteiger partial charge in [-0.2, -0.15) is 0 Å². The number of carbonyl (C=O) groups excluding carboxylic acids is 1. The van der Waals surface area contributed by atoms with Crippen LogP contribution in [-0.2, 0) is 13.0 Å². The van der Waals surface area contributed by atoms with Crippen molar-refractivity contribution in [2.75, 3.05) is 4.90 Å². The van der Waals surface area contributed by atoms with Crippen LogP contribution >= 0.6 is 0 Å². The van der Waals surface area contributed by atoms with Crippen LogP contribution in [0.3, 0.4) is 0 Å². The third-order valence-corrected chi connectivity index (χ3v) is 4.87. The fourth-order valence-corrected chi connectivity index (χ4v) is 3.56. The molecule has 5 heteroatoms. The zero-order chi connectivity index (χ0) is 18.8. The number of nitrogens with zero attached hydrogens (tertiary/aromatic N) is 2. The Balaban J connectivity index is 1.54. The first kappa shape index (κ1) is 17.2. The minimum Gasteiger partial charge on any atom is -0.348 e. The van der Waals surface area contributed by atoms with Crippen LogP contribution in [0, 0.1) is 5.82 Å². The zero-order valence-corrected chi connectivity index (χ0v) is 15.0. The summed E-state index contributed by atoms with van der Waals surface area (Å²) >= 11 is 0. The van der Waals surface area contributed by atoms with Gasteiger partial charge in [-0.25, -0.2) is 4.39 Å². The molecule has 1 aromatic heterocycles. The molecule has 1 aliphatic heterocycles. The SMILES string of the molecule is CC1Cc2ccccc2N1c1cncc(C(=O)NCc2ccccc2F)c1. The smallest absolute Gasteiger partial charge is 0.253 e. The number of carbonyl (C=O) groups is 1. The largest absolute Gasteiger partial charge is 0.348 e. The molecule has 0 saturated heterocycles. The van der Waals surface area contributed by atoms with E-state index in [-0.39, 0.29) is 18.3 Å². The summed E-state index contributed by atoms with van der Waals surface area (Å²) in [6, 6.07) is 16.8. The second-order valence-electron chi connectivity index (χ2n) is 6.76. The van der Waals surface area contributed by atoms with Gasteiger partial charge in [0.1, 0.15) is 5.82 Å². The van der Waals surface area contributed by atoms with Gasteiger partial charge in [0.25, 0.3) is 5.91 Å². The van der Waals surface area contributed by atoms with E-state index < -0.39 is 0 Å². The molecule has 2 heterocycles. The molecule has 0 saturated carbocycles. The third kappa shape index (κ3) is 3.40. The van der Waals surface area contributed by atoms with Crippen LogP contribution in [0.4, 0.5) is 15.8 Å². The van der Waals surface area contributed by atoms with Crippen LogP contribution in [0.1, 0.15) is 28.4 Å². The lowest BCUT2D eigenvalue weighted by Crippen LogP contribution is -2.26. The van der Waals surface area contributed by atoms with Gasteiger partial charge in [0, 0.05) is 30.0 Å². The summed E-state index contributed by atoms with van der Waals surface area (Å²) in [5.74, 6) is -0.597. The van der Waals surface area contributed by atoms with E-state index in [1.807, 2.05) is 18.2 Å². The molecule has 0 bridgehead atoms. The van der Waals surface area contributed by atoms with E-state index in [4.69, 9.17) is 0 Å². The average Bonchev–Trinajstić information content (AvgIpc) is 3.03. The molecule has 1 atom stereocenters. The summed E-state index contributed by atoms with van der Waals surface area (Å²) in [4.78, 5) is 19.0. The topological polar surface area (TPSA) is 45.2 Å². The fourth-order valence-electron chi connectivity index (χ4n) is 3.56. The molecule has 0 aliphatic carbocycles. The van der Waals surface area contributed by atoms with Crippen molar-refractivity contribution in [3.05, 3.63) is 89.5 Å². The van der Waals surface area contributed by atoms with Gasteiger partial charge in [-0.15, -0.1) is 0 Å². The Kier molecular flexibility index (Phi) is 4.59. The van der Waals surface area contributed by atoms with E-state index in [0.717, 1.165) is 17.8 Å². The highest BCUT2D eigenvalue weighted by Crippen LogP contribution is 2.37. The maximum Gasteiger partial charge on any atom is 0.253 e. The van der Waals surface area contributed by atoms with E-state index >= 15 is 0 Å². The second-order valence-corrected chi connectivity index (χ2v) is 6.76. The summed E-state index contributed by atoms with van der Waals surface area (Å²) in [6.45, 7) is 2.30. The quantitative estimate of drug-likeness (QED) is 0.756. The van der Waals surface area contributed by atoms with E-state index in [1.54, 1.807) is 24.4 Å². The van der Waals surface area contributed by atoms with E-state index in [0.29, 0.717) is 17.2 Å². The van der Waals surface area contributed by atoms with E-state index in [2.05, 4.69) is 34.3 Å². The number of para-hydroxylation sites is 1. The van der Waals surface area contributed by atoms with Gasteiger partial charge >= 0.3 is 0 Å². The van der Waals surface area contributed by atoms with E-state index in [9.17, 15) is 9.18 Å². The van der Waals surface area contributed by atoms with Crippen molar-refractivity contribution in [1.82, 2.24) is 10.3 Å². The van der Waals surface area contributed by atoms with Crippen molar-refractivity contribution in [3.63, 3.8) is 0 Å². The first-order valence-corrected chi connectivity index (χ1v) is 8.97. The van der Waals surface area contributed by atoms with Gasteiger partial charge in [-0.05, 0) is 37.1 Å². The molecule has 0 fully saturated rings. The number of nitrogens with one attached hydrogen (secondary N) is 1. The van der Waals surface area contributed by atoms with Gasteiger partial charge in [-0.1, -0.05) is 36.4 Å². The Bertz CT molecular complexity index is 989. The number of rotatable bonds is 4. The standard InChI is InChI=1S/C22H20FN3O/c1-15-10-16-6-3-5-9-21(16)26(15)19-11-18(12-24-14-19)22(27)25-13-17-7-2-4-8-20(17)23/h2-9,11-12,14-15H,10,13H2,1H3,(H,25,27). The number of anilines is 2. The van der Waals surface area contributed by atoms with Gasteiger partial charge in [0.05, 0.1) is 17.4 Å². The van der Waals surface area contributed by atoms with Crippen molar-refractivity contribution < 1.29 is 9.18 Å². The van der Waals surface area contributed by atoms with Crippen molar-refractivity contribution in [2.45, 2.75) is 25.9 Å². The molecular formula is C22H20FN3O. The lowest BCUT2D eigenvalue weighted by molar-refractivity contribution is 0.0950. The summed E-state index contributed by atoms with van der Waals surface area (Å²) in [7, 11) is 0. The van der Waals surface area contributed by atoms with Crippen LogP contribution in [0.2, 0.25) is 0 Å². The molecule has 27 heavy (non-hydrogen) atoms. The van der Waals surface area contributed by atoms with Crippen molar-refractivity contribution in [2.24, 2.45) is 0 Å². The highest BCUT2D eigenvalue weighted by molar-refractivity contribution is 5.95. The average molecular weight is 361 g/mol. The van der Waals surface area contributed by atoms with Crippen LogP contribution < -0.4 is 10.2 Å². The molecule has 4 rings (SSSR count). The van der Waals surface area contributed by atoms with Crippen molar-refractivity contribution in [1.29, 1.82) is 0 Å². The number of hydrogen-bond donors (Lipinski definition) is 1. The lowest BCUT2D eigenvalue weighted by atomic mass is 10.1. The van der Waals surface area contributed by atoms with Crippen LogP contribution in [0.5, 0.6) is 0 Å². The minimum absolute atomic E-state index is 0.138. The van der Waals surface area contributed by atoms with Gasteiger partial charge in [0.2, 0.25) is 0 Å². The molecule has 0 spiro atoms. The van der Waals surface area contributed by atoms with Gasteiger partial charge < -0.3 is 10.2 Å². The normalized spacial score (nSPS) is 15.5. The Morgan fingerprint density at radius 3 is 2.81 bits per heavy atom. The predicted octanol–water partition coefficient (Wildman–Crippen LogP) is 4.23. The molecular weight excluding hydrogens is 341 g/mol. The Labute approximate surface area is 157 Å². The number of amides is 1. The highest BCUT2D eigenvalue weighted by Gasteiger charge is 2.27. The molecule has 1 unspecified atom stereocenters. The molecule has 3 aromatic rings. The molecule has 136 valence electrons. The van der Waals surface area contributed by atoms with Crippen LogP contribution in [0.15, 0.2) is 67.0 Å². The van der Waals surface area contributed by atoms with Gasteiger partial charge in [-0.3, -0.25) is 9.78 Å².